The number of nitrogens with one attached hydrogen (secondary N) is 1. The third kappa shape index (κ3) is 6.75. The number of phenols is 1. The van der Waals surface area contributed by atoms with Crippen LogP contribution in [0.2, 0.25) is 0 Å². The van der Waals surface area contributed by atoms with Gasteiger partial charge in [-0.3, -0.25) is 14.4 Å². The topological polar surface area (TPSA) is 122 Å². The van der Waals surface area contributed by atoms with Crippen LogP contribution in [0, 0.1) is 5.92 Å². The zero-order valence-electron chi connectivity index (χ0n) is 17.7. The molecule has 1 aliphatic heterocycles. The van der Waals surface area contributed by atoms with Gasteiger partial charge < -0.3 is 24.8 Å². The van der Waals surface area contributed by atoms with Crippen molar-refractivity contribution in [1.82, 2.24) is 4.90 Å². The van der Waals surface area contributed by atoms with Crippen molar-refractivity contribution >= 4 is 29.4 Å². The van der Waals surface area contributed by atoms with Gasteiger partial charge >= 0.3 is 12.1 Å². The minimum Gasteiger partial charge on any atom is -0.506 e. The highest BCUT2D eigenvalue weighted by atomic mass is 16.6. The molecule has 0 saturated carbocycles. The van der Waals surface area contributed by atoms with E-state index in [2.05, 4.69) is 5.32 Å². The van der Waals surface area contributed by atoms with Crippen LogP contribution in [0.3, 0.4) is 0 Å². The van der Waals surface area contributed by atoms with Crippen molar-refractivity contribution in [3.05, 3.63) is 23.8 Å². The fourth-order valence-electron chi connectivity index (χ4n) is 3.00. The van der Waals surface area contributed by atoms with Gasteiger partial charge in [-0.1, -0.05) is 0 Å². The number of carbonyl (C=O) groups is 4. The molecule has 9 heteroatoms. The quantitative estimate of drug-likeness (QED) is 0.427. The molecule has 2 amide bonds. The first-order valence-electron chi connectivity index (χ1n) is 9.74. The van der Waals surface area contributed by atoms with Gasteiger partial charge in [-0.05, 0) is 51.8 Å². The molecule has 1 aromatic carbocycles. The number of Topliss-reactive ketones (excluding diaryl/α,β-unsaturated/α-hetero) is 1. The second-order valence-electron chi connectivity index (χ2n) is 8.21. The Hall–Kier alpha value is -3.10. The average molecular weight is 420 g/mol. The first-order chi connectivity index (χ1) is 14.0. The predicted molar refractivity (Wildman–Crippen MR) is 108 cm³/mol. The lowest BCUT2D eigenvalue weighted by Gasteiger charge is -2.33. The van der Waals surface area contributed by atoms with E-state index in [0.29, 0.717) is 19.4 Å². The number of aromatic hydroxyl groups is 1. The van der Waals surface area contributed by atoms with Crippen LogP contribution in [-0.4, -0.2) is 59.1 Å². The van der Waals surface area contributed by atoms with Crippen LogP contribution < -0.4 is 5.32 Å². The van der Waals surface area contributed by atoms with Gasteiger partial charge in [0.2, 0.25) is 5.91 Å². The number of amides is 2. The summed E-state index contributed by atoms with van der Waals surface area (Å²) in [6.07, 6.45) is 0.703. The van der Waals surface area contributed by atoms with Crippen molar-refractivity contribution in [3.63, 3.8) is 0 Å². The molecule has 0 unspecified atom stereocenters. The summed E-state index contributed by atoms with van der Waals surface area (Å²) >= 11 is 0. The Morgan fingerprint density at radius 1 is 1.23 bits per heavy atom. The first kappa shape index (κ1) is 23.2. The average Bonchev–Trinajstić information content (AvgIpc) is 2.66. The summed E-state index contributed by atoms with van der Waals surface area (Å²) in [5.74, 6) is -2.14. The third-order valence-corrected chi connectivity index (χ3v) is 4.38. The Labute approximate surface area is 175 Å². The summed E-state index contributed by atoms with van der Waals surface area (Å²) < 4.78 is 10.5. The molecule has 0 bridgehead atoms. The Balaban J connectivity index is 1.92. The molecule has 1 aliphatic rings. The van der Waals surface area contributed by atoms with Gasteiger partial charge in [0, 0.05) is 25.6 Å². The van der Waals surface area contributed by atoms with Gasteiger partial charge in [-0.2, -0.15) is 0 Å². The van der Waals surface area contributed by atoms with Crippen LogP contribution in [0.25, 0.3) is 0 Å². The first-order valence-corrected chi connectivity index (χ1v) is 9.74. The minimum atomic E-state index is -0.628. The number of nitrogens with zero attached hydrogens (tertiary/aromatic N) is 1. The summed E-state index contributed by atoms with van der Waals surface area (Å²) in [6, 6.07) is 3.97. The fraction of sp³-hybridized carbons (Fsp3) is 0.524. The van der Waals surface area contributed by atoms with Crippen molar-refractivity contribution in [2.45, 2.75) is 46.1 Å². The molecule has 1 heterocycles. The van der Waals surface area contributed by atoms with Crippen LogP contribution in [-0.2, 0) is 19.1 Å². The number of ketones is 1. The van der Waals surface area contributed by atoms with Crippen LogP contribution in [0.4, 0.5) is 10.5 Å². The molecule has 0 radical (unpaired) electrons. The Morgan fingerprint density at radius 3 is 2.57 bits per heavy atom. The number of carbonyl (C=O) groups excluding carboxylic acids is 4. The maximum absolute atomic E-state index is 12.4. The van der Waals surface area contributed by atoms with Crippen LogP contribution in [0.1, 0.15) is 50.9 Å². The molecule has 30 heavy (non-hydrogen) atoms. The monoisotopic (exact) mass is 420 g/mol. The molecule has 1 aromatic rings. The maximum Gasteiger partial charge on any atom is 0.410 e. The smallest absolute Gasteiger partial charge is 0.410 e. The highest BCUT2D eigenvalue weighted by Gasteiger charge is 2.32. The standard InChI is InChI=1S/C21H28N2O7/c1-13(24)22-16-10-14(7-8-17(16)25)18(26)12-29-19(27)15-6-5-9-23(11-15)20(28)30-21(2,3)4/h7-8,10,15,25H,5-6,9,11-12H2,1-4H3,(H,22,24)/t15-/m1/s1. The molecule has 2 N–H and O–H groups in total. The lowest BCUT2D eigenvalue weighted by molar-refractivity contribution is -0.149. The van der Waals surface area contributed by atoms with Crippen molar-refractivity contribution in [3.8, 4) is 5.75 Å². The van der Waals surface area contributed by atoms with Crippen molar-refractivity contribution in [2.24, 2.45) is 5.92 Å². The van der Waals surface area contributed by atoms with E-state index in [1.807, 2.05) is 0 Å². The number of phenolic OH excluding ortho intramolecular Hbond substituents is 1. The molecule has 0 aliphatic carbocycles. The van der Waals surface area contributed by atoms with Gasteiger partial charge in [-0.25, -0.2) is 4.79 Å². The number of ether oxygens (including phenoxy) is 2. The van der Waals surface area contributed by atoms with Crippen LogP contribution in [0.15, 0.2) is 18.2 Å². The van der Waals surface area contributed by atoms with Crippen molar-refractivity contribution in [2.75, 3.05) is 25.0 Å². The number of piperidine rings is 1. The zero-order valence-corrected chi connectivity index (χ0v) is 17.7. The number of anilines is 1. The van der Waals surface area contributed by atoms with E-state index in [-0.39, 0.29) is 23.5 Å². The fourth-order valence-corrected chi connectivity index (χ4v) is 3.00. The summed E-state index contributed by atoms with van der Waals surface area (Å²) in [5.41, 5.74) is -0.347. The van der Waals surface area contributed by atoms with Gasteiger partial charge in [0.15, 0.2) is 12.4 Å². The van der Waals surface area contributed by atoms with E-state index in [1.54, 1.807) is 20.8 Å². The minimum absolute atomic E-state index is 0.0972. The summed E-state index contributed by atoms with van der Waals surface area (Å²) in [4.78, 5) is 49.6. The molecule has 1 atom stereocenters. The molecular formula is C21H28N2O7. The van der Waals surface area contributed by atoms with Gasteiger partial charge in [0.25, 0.3) is 0 Å². The SMILES string of the molecule is CC(=O)Nc1cc(C(=O)COC(=O)[C@@H]2CCCN(C(=O)OC(C)(C)C)C2)ccc1O. The van der Waals surface area contributed by atoms with Gasteiger partial charge in [-0.15, -0.1) is 0 Å². The van der Waals surface area contributed by atoms with Crippen LogP contribution >= 0.6 is 0 Å². The molecule has 9 nitrogen and oxygen atoms in total. The normalized spacial score (nSPS) is 16.5. The Kier molecular flexibility index (Phi) is 7.42. The van der Waals surface area contributed by atoms with Crippen molar-refractivity contribution in [1.29, 1.82) is 0 Å². The van der Waals surface area contributed by atoms with E-state index in [0.717, 1.165) is 0 Å². The molecule has 1 fully saturated rings. The van der Waals surface area contributed by atoms with Crippen molar-refractivity contribution < 1.29 is 33.8 Å². The lowest BCUT2D eigenvalue weighted by atomic mass is 9.98. The molecule has 1 saturated heterocycles. The second kappa shape index (κ2) is 9.60. The lowest BCUT2D eigenvalue weighted by Crippen LogP contribution is -2.45. The Bertz CT molecular complexity index is 829. The van der Waals surface area contributed by atoms with Gasteiger partial charge in [0.1, 0.15) is 11.4 Å². The molecular weight excluding hydrogens is 392 g/mol. The number of benzene rings is 1. The van der Waals surface area contributed by atoms with Crippen LogP contribution in [0.5, 0.6) is 5.75 Å². The Morgan fingerprint density at radius 2 is 1.93 bits per heavy atom. The van der Waals surface area contributed by atoms with E-state index < -0.39 is 41.9 Å². The number of rotatable bonds is 5. The predicted octanol–water partition coefficient (Wildman–Crippen LogP) is 2.72. The summed E-state index contributed by atoms with van der Waals surface area (Å²) in [7, 11) is 0. The maximum atomic E-state index is 12.4. The number of esters is 1. The molecule has 164 valence electrons. The second-order valence-corrected chi connectivity index (χ2v) is 8.21. The largest absolute Gasteiger partial charge is 0.506 e. The zero-order chi connectivity index (χ0) is 22.5. The number of likely N-dealkylation sites (tertiary alicyclic amines) is 1. The molecule has 0 spiro atoms. The van der Waals surface area contributed by atoms with E-state index in [1.165, 1.54) is 30.0 Å². The molecule has 0 aromatic heterocycles. The number of hydrogen-bond donors (Lipinski definition) is 2. The highest BCUT2D eigenvalue weighted by molar-refractivity contribution is 6.00. The summed E-state index contributed by atoms with van der Waals surface area (Å²) in [5, 5.41) is 12.2. The molecule has 2 rings (SSSR count). The van der Waals surface area contributed by atoms with E-state index in [9.17, 15) is 24.3 Å². The highest BCUT2D eigenvalue weighted by Crippen LogP contribution is 2.25. The van der Waals surface area contributed by atoms with E-state index in [4.69, 9.17) is 9.47 Å². The number of hydrogen-bond acceptors (Lipinski definition) is 7. The third-order valence-electron chi connectivity index (χ3n) is 4.38. The van der Waals surface area contributed by atoms with E-state index >= 15 is 0 Å². The summed E-state index contributed by atoms with van der Waals surface area (Å²) in [6.45, 7) is 6.78. The van der Waals surface area contributed by atoms with Gasteiger partial charge in [0.05, 0.1) is 11.6 Å².